The molecule has 0 atom stereocenters. The van der Waals surface area contributed by atoms with Gasteiger partial charge in [0.2, 0.25) is 0 Å². The van der Waals surface area contributed by atoms with Crippen molar-refractivity contribution in [1.82, 2.24) is 19.7 Å². The summed E-state index contributed by atoms with van der Waals surface area (Å²) in [5.41, 5.74) is 1.64. The Morgan fingerprint density at radius 2 is 1.80 bits per heavy atom. The van der Waals surface area contributed by atoms with Crippen molar-refractivity contribution in [3.63, 3.8) is 0 Å². The van der Waals surface area contributed by atoms with Crippen LogP contribution in [-0.4, -0.2) is 57.5 Å². The van der Waals surface area contributed by atoms with Gasteiger partial charge in [0.25, 0.3) is 0 Å². The highest BCUT2D eigenvalue weighted by molar-refractivity contribution is 5.68. The molecule has 2 aromatic rings. The van der Waals surface area contributed by atoms with Crippen LogP contribution in [0.3, 0.4) is 0 Å². The molecular formula is C18H25N5O2. The normalized spacial score (nSPS) is 15.4. The fourth-order valence-electron chi connectivity index (χ4n) is 2.76. The van der Waals surface area contributed by atoms with Crippen LogP contribution in [0.1, 0.15) is 20.8 Å². The second-order valence-corrected chi connectivity index (χ2v) is 7.26. The highest BCUT2D eigenvalue weighted by atomic mass is 16.6. The maximum Gasteiger partial charge on any atom is 0.410 e. The third-order valence-corrected chi connectivity index (χ3v) is 4.04. The minimum absolute atomic E-state index is 0.243. The number of hydrogen-bond donors (Lipinski definition) is 0. The van der Waals surface area contributed by atoms with Crippen LogP contribution in [0.25, 0.3) is 11.1 Å². The summed E-state index contributed by atoms with van der Waals surface area (Å²) in [6.45, 7) is 8.43. The fraction of sp³-hybridized carbons (Fsp3) is 0.500. The van der Waals surface area contributed by atoms with Crippen molar-refractivity contribution in [3.05, 3.63) is 30.7 Å². The van der Waals surface area contributed by atoms with Crippen LogP contribution in [0, 0.1) is 0 Å². The van der Waals surface area contributed by atoms with Crippen LogP contribution >= 0.6 is 0 Å². The summed E-state index contributed by atoms with van der Waals surface area (Å²) in [5, 5.41) is 4.18. The quantitative estimate of drug-likeness (QED) is 0.838. The van der Waals surface area contributed by atoms with Crippen molar-refractivity contribution in [2.75, 3.05) is 31.1 Å². The molecule has 2 aromatic heterocycles. The lowest BCUT2D eigenvalue weighted by Crippen LogP contribution is -2.50. The van der Waals surface area contributed by atoms with Gasteiger partial charge >= 0.3 is 6.09 Å². The largest absolute Gasteiger partial charge is 0.444 e. The Balaban J connectivity index is 1.59. The second-order valence-electron chi connectivity index (χ2n) is 7.26. The number of ether oxygens (including phenoxy) is 1. The van der Waals surface area contributed by atoms with Crippen LogP contribution in [0.2, 0.25) is 0 Å². The zero-order chi connectivity index (χ0) is 18.0. The highest BCUT2D eigenvalue weighted by Crippen LogP contribution is 2.21. The van der Waals surface area contributed by atoms with E-state index in [4.69, 9.17) is 4.74 Å². The van der Waals surface area contributed by atoms with Gasteiger partial charge in [0.15, 0.2) is 0 Å². The number of carbonyl (C=O) groups excluding carboxylic acids is 1. The molecule has 0 saturated carbocycles. The molecule has 0 bridgehead atoms. The number of pyridine rings is 1. The van der Waals surface area contributed by atoms with Crippen LogP contribution in [0.4, 0.5) is 10.6 Å². The van der Waals surface area contributed by atoms with Crippen LogP contribution in [-0.2, 0) is 11.8 Å². The number of aryl methyl sites for hydroxylation is 1. The monoisotopic (exact) mass is 343 g/mol. The Morgan fingerprint density at radius 3 is 2.32 bits per heavy atom. The van der Waals surface area contributed by atoms with Gasteiger partial charge in [-0.2, -0.15) is 5.10 Å². The zero-order valence-corrected chi connectivity index (χ0v) is 15.3. The summed E-state index contributed by atoms with van der Waals surface area (Å²) in [6, 6.07) is 4.07. The van der Waals surface area contributed by atoms with E-state index in [9.17, 15) is 4.79 Å². The topological polar surface area (TPSA) is 63.5 Å². The first-order valence-electron chi connectivity index (χ1n) is 8.50. The van der Waals surface area contributed by atoms with E-state index in [1.165, 1.54) is 0 Å². The second kappa shape index (κ2) is 6.74. The Morgan fingerprint density at radius 1 is 1.08 bits per heavy atom. The molecule has 0 aromatic carbocycles. The zero-order valence-electron chi connectivity index (χ0n) is 15.3. The van der Waals surface area contributed by atoms with Crippen molar-refractivity contribution in [2.45, 2.75) is 26.4 Å². The molecule has 3 rings (SSSR count). The minimum atomic E-state index is -0.460. The number of aromatic nitrogens is 3. The molecule has 134 valence electrons. The molecule has 3 heterocycles. The van der Waals surface area contributed by atoms with Gasteiger partial charge in [0.05, 0.1) is 6.20 Å². The predicted molar refractivity (Wildman–Crippen MR) is 96.5 cm³/mol. The minimum Gasteiger partial charge on any atom is -0.444 e. The molecule has 0 aliphatic carbocycles. The van der Waals surface area contributed by atoms with Crippen LogP contribution < -0.4 is 4.90 Å². The summed E-state index contributed by atoms with van der Waals surface area (Å²) < 4.78 is 7.21. The molecule has 0 spiro atoms. The van der Waals surface area contributed by atoms with Crippen molar-refractivity contribution >= 4 is 11.9 Å². The van der Waals surface area contributed by atoms with Crippen molar-refractivity contribution in [2.24, 2.45) is 7.05 Å². The van der Waals surface area contributed by atoms with Gasteiger partial charge in [-0.15, -0.1) is 0 Å². The number of carbonyl (C=O) groups is 1. The molecule has 0 radical (unpaired) electrons. The Bertz CT molecular complexity index is 725. The number of rotatable bonds is 2. The molecule has 0 N–H and O–H groups in total. The summed E-state index contributed by atoms with van der Waals surface area (Å²) in [4.78, 5) is 20.6. The standard InChI is InChI=1S/C18H25N5O2/c1-18(2,3)25-17(24)23-9-7-22(8-10-23)16-6-5-14(11-19-16)15-12-20-21(4)13-15/h5-6,11-13H,7-10H2,1-4H3. The first-order chi connectivity index (χ1) is 11.8. The van der Waals surface area contributed by atoms with E-state index in [0.717, 1.165) is 30.0 Å². The summed E-state index contributed by atoms with van der Waals surface area (Å²) in [5.74, 6) is 0.927. The van der Waals surface area contributed by atoms with Gasteiger partial charge in [0, 0.05) is 56.7 Å². The molecule has 1 fully saturated rings. The summed E-state index contributed by atoms with van der Waals surface area (Å²) in [7, 11) is 1.90. The van der Waals surface area contributed by atoms with Crippen LogP contribution in [0.5, 0.6) is 0 Å². The molecule has 1 aliphatic rings. The van der Waals surface area contributed by atoms with Gasteiger partial charge < -0.3 is 14.5 Å². The van der Waals surface area contributed by atoms with E-state index >= 15 is 0 Å². The van der Waals surface area contributed by atoms with E-state index < -0.39 is 5.60 Å². The van der Waals surface area contributed by atoms with Crippen LogP contribution in [0.15, 0.2) is 30.7 Å². The van der Waals surface area contributed by atoms with Crippen molar-refractivity contribution in [1.29, 1.82) is 0 Å². The first-order valence-corrected chi connectivity index (χ1v) is 8.50. The van der Waals surface area contributed by atoms with E-state index in [1.807, 2.05) is 52.5 Å². The molecule has 7 heteroatoms. The molecule has 0 unspecified atom stereocenters. The maximum absolute atomic E-state index is 12.1. The SMILES string of the molecule is Cn1cc(-c2ccc(N3CCN(C(=O)OC(C)(C)C)CC3)nc2)cn1. The van der Waals surface area contributed by atoms with E-state index in [2.05, 4.69) is 21.0 Å². The lowest BCUT2D eigenvalue weighted by molar-refractivity contribution is 0.0240. The number of hydrogen-bond acceptors (Lipinski definition) is 5. The molecule has 1 saturated heterocycles. The number of anilines is 1. The van der Waals surface area contributed by atoms with Gasteiger partial charge in [-0.3, -0.25) is 4.68 Å². The predicted octanol–water partition coefficient (Wildman–Crippen LogP) is 2.54. The van der Waals surface area contributed by atoms with Gasteiger partial charge in [-0.25, -0.2) is 9.78 Å². The molecule has 1 amide bonds. The molecule has 7 nitrogen and oxygen atoms in total. The maximum atomic E-state index is 12.1. The van der Waals surface area contributed by atoms with E-state index in [0.29, 0.717) is 13.1 Å². The lowest BCUT2D eigenvalue weighted by atomic mass is 10.1. The third-order valence-electron chi connectivity index (χ3n) is 4.04. The van der Waals surface area contributed by atoms with Crippen molar-refractivity contribution in [3.8, 4) is 11.1 Å². The molecule has 25 heavy (non-hydrogen) atoms. The van der Waals surface area contributed by atoms with Gasteiger partial charge in [0.1, 0.15) is 11.4 Å². The van der Waals surface area contributed by atoms with Crippen molar-refractivity contribution < 1.29 is 9.53 Å². The Kier molecular flexibility index (Phi) is 4.65. The summed E-state index contributed by atoms with van der Waals surface area (Å²) in [6.07, 6.45) is 5.42. The number of amides is 1. The molecular weight excluding hydrogens is 318 g/mol. The Hall–Kier alpha value is -2.57. The van der Waals surface area contributed by atoms with Gasteiger partial charge in [-0.05, 0) is 32.9 Å². The van der Waals surface area contributed by atoms with Gasteiger partial charge in [-0.1, -0.05) is 0 Å². The first kappa shape index (κ1) is 17.3. The smallest absolute Gasteiger partial charge is 0.410 e. The Labute approximate surface area is 148 Å². The average Bonchev–Trinajstić information content (AvgIpc) is 3.00. The average molecular weight is 343 g/mol. The highest BCUT2D eigenvalue weighted by Gasteiger charge is 2.26. The summed E-state index contributed by atoms with van der Waals surface area (Å²) >= 11 is 0. The van der Waals surface area contributed by atoms with E-state index in [-0.39, 0.29) is 6.09 Å². The van der Waals surface area contributed by atoms with E-state index in [1.54, 1.807) is 9.58 Å². The fourth-order valence-corrected chi connectivity index (χ4v) is 2.76. The third kappa shape index (κ3) is 4.29. The lowest BCUT2D eigenvalue weighted by Gasteiger charge is -2.36. The number of nitrogens with zero attached hydrogens (tertiary/aromatic N) is 5. The number of piperazine rings is 1. The molecule has 1 aliphatic heterocycles.